The molecule has 4 heteroatoms. The maximum Gasteiger partial charge on any atom is 0.142 e. The summed E-state index contributed by atoms with van der Waals surface area (Å²) in [6, 6.07) is 0. The van der Waals surface area contributed by atoms with Crippen molar-refractivity contribution in [1.29, 1.82) is 0 Å². The lowest BCUT2D eigenvalue weighted by molar-refractivity contribution is 0.125. The van der Waals surface area contributed by atoms with Crippen molar-refractivity contribution in [3.8, 4) is 0 Å². The fraction of sp³-hybridized carbons (Fsp3) is 0.800. The first-order chi connectivity index (χ1) is 6.63. The zero-order chi connectivity index (χ0) is 10.6. The van der Waals surface area contributed by atoms with Crippen LogP contribution in [-0.4, -0.2) is 20.6 Å². The lowest BCUT2D eigenvalue weighted by atomic mass is 10.1. The average molecular weight is 214 g/mol. The third kappa shape index (κ3) is 3.35. The number of hydrogen-bond donors (Lipinski definition) is 1. The highest BCUT2D eigenvalue weighted by molar-refractivity contribution is 7.05. The summed E-state index contributed by atoms with van der Waals surface area (Å²) in [5.74, 6) is 1.21. The van der Waals surface area contributed by atoms with Crippen molar-refractivity contribution in [3.05, 3.63) is 10.8 Å². The van der Waals surface area contributed by atoms with E-state index in [1.165, 1.54) is 11.5 Å². The van der Waals surface area contributed by atoms with E-state index in [-0.39, 0.29) is 12.0 Å². The van der Waals surface area contributed by atoms with Crippen LogP contribution in [0.2, 0.25) is 0 Å². The predicted octanol–water partition coefficient (Wildman–Crippen LogP) is 2.05. The van der Waals surface area contributed by atoms with E-state index in [1.54, 1.807) is 0 Å². The van der Waals surface area contributed by atoms with Crippen molar-refractivity contribution in [2.75, 3.05) is 0 Å². The second-order valence-electron chi connectivity index (χ2n) is 3.87. The third-order valence-corrected chi connectivity index (χ3v) is 2.91. The summed E-state index contributed by atoms with van der Waals surface area (Å²) in [6.45, 7) is 6.14. The summed E-state index contributed by atoms with van der Waals surface area (Å²) >= 11 is 1.41. The molecule has 0 saturated heterocycles. The molecule has 0 spiro atoms. The van der Waals surface area contributed by atoms with Gasteiger partial charge in [0.05, 0.1) is 6.10 Å². The molecule has 0 aliphatic carbocycles. The molecule has 0 amide bonds. The highest BCUT2D eigenvalue weighted by Crippen LogP contribution is 2.12. The van der Waals surface area contributed by atoms with Crippen LogP contribution < -0.4 is 0 Å². The summed E-state index contributed by atoms with van der Waals surface area (Å²) in [5, 5.41) is 10.6. The number of aromatic nitrogens is 2. The summed E-state index contributed by atoms with van der Waals surface area (Å²) < 4.78 is 4.24. The quantitative estimate of drug-likeness (QED) is 0.816. The number of nitrogens with zero attached hydrogens (tertiary/aromatic N) is 2. The fourth-order valence-electron chi connectivity index (χ4n) is 1.11. The number of aliphatic hydroxyl groups is 1. The number of aryl methyl sites for hydroxylation is 1. The van der Waals surface area contributed by atoms with Crippen LogP contribution in [-0.2, 0) is 12.8 Å². The molecule has 1 heterocycles. The van der Waals surface area contributed by atoms with E-state index in [4.69, 9.17) is 0 Å². The second kappa shape index (κ2) is 5.41. The molecule has 0 saturated carbocycles. The first kappa shape index (κ1) is 11.6. The maximum absolute atomic E-state index is 9.66. The van der Waals surface area contributed by atoms with E-state index in [9.17, 15) is 5.11 Å². The van der Waals surface area contributed by atoms with Gasteiger partial charge in [0.25, 0.3) is 0 Å². The Bertz CT molecular complexity index is 273. The molecule has 1 unspecified atom stereocenters. The van der Waals surface area contributed by atoms with Gasteiger partial charge >= 0.3 is 0 Å². The Balaban J connectivity index is 2.50. The summed E-state index contributed by atoms with van der Waals surface area (Å²) in [5.41, 5.74) is 0. The standard InChI is InChI=1S/C10H18N2OS/c1-4-5-9-11-10(14-12-9)6-8(13)7(2)3/h7-8,13H,4-6H2,1-3H3. The van der Waals surface area contributed by atoms with Crippen molar-refractivity contribution in [2.24, 2.45) is 5.92 Å². The van der Waals surface area contributed by atoms with Crippen molar-refractivity contribution in [1.82, 2.24) is 9.36 Å². The molecule has 0 aliphatic heterocycles. The van der Waals surface area contributed by atoms with Gasteiger partial charge in [0, 0.05) is 12.8 Å². The average Bonchev–Trinajstić information content (AvgIpc) is 2.53. The van der Waals surface area contributed by atoms with E-state index in [0.29, 0.717) is 6.42 Å². The van der Waals surface area contributed by atoms with E-state index in [1.807, 2.05) is 13.8 Å². The molecule has 1 aromatic rings. The van der Waals surface area contributed by atoms with E-state index in [2.05, 4.69) is 16.3 Å². The molecule has 0 fully saturated rings. The van der Waals surface area contributed by atoms with Crippen LogP contribution in [0.15, 0.2) is 0 Å². The Hall–Kier alpha value is -0.480. The minimum atomic E-state index is -0.294. The topological polar surface area (TPSA) is 46.0 Å². The Morgan fingerprint density at radius 1 is 1.43 bits per heavy atom. The molecule has 14 heavy (non-hydrogen) atoms. The van der Waals surface area contributed by atoms with Gasteiger partial charge in [0.2, 0.25) is 0 Å². The van der Waals surface area contributed by atoms with E-state index >= 15 is 0 Å². The fourth-order valence-corrected chi connectivity index (χ4v) is 1.85. The second-order valence-corrected chi connectivity index (χ2v) is 4.71. The van der Waals surface area contributed by atoms with Gasteiger partial charge in [0.1, 0.15) is 10.8 Å². The SMILES string of the molecule is CCCc1nsc(CC(O)C(C)C)n1. The highest BCUT2D eigenvalue weighted by atomic mass is 32.1. The van der Waals surface area contributed by atoms with Crippen molar-refractivity contribution in [3.63, 3.8) is 0 Å². The Morgan fingerprint density at radius 2 is 2.14 bits per heavy atom. The normalized spacial score (nSPS) is 13.5. The smallest absolute Gasteiger partial charge is 0.142 e. The van der Waals surface area contributed by atoms with Gasteiger partial charge in [-0.15, -0.1) is 0 Å². The number of hydrogen-bond acceptors (Lipinski definition) is 4. The van der Waals surface area contributed by atoms with Crippen LogP contribution in [0, 0.1) is 5.92 Å². The summed E-state index contributed by atoms with van der Waals surface area (Å²) in [7, 11) is 0. The van der Waals surface area contributed by atoms with Crippen LogP contribution >= 0.6 is 11.5 Å². The Labute approximate surface area is 89.4 Å². The van der Waals surface area contributed by atoms with Crippen LogP contribution in [0.25, 0.3) is 0 Å². The minimum Gasteiger partial charge on any atom is -0.392 e. The predicted molar refractivity (Wildman–Crippen MR) is 58.5 cm³/mol. The molecule has 1 rings (SSSR count). The number of rotatable bonds is 5. The molecule has 0 bridgehead atoms. The molecule has 1 atom stereocenters. The van der Waals surface area contributed by atoms with Crippen molar-refractivity contribution < 1.29 is 5.11 Å². The largest absolute Gasteiger partial charge is 0.392 e. The molecule has 0 aromatic carbocycles. The Morgan fingerprint density at radius 3 is 2.71 bits per heavy atom. The lowest BCUT2D eigenvalue weighted by Gasteiger charge is -2.11. The van der Waals surface area contributed by atoms with E-state index < -0.39 is 0 Å². The highest BCUT2D eigenvalue weighted by Gasteiger charge is 2.13. The van der Waals surface area contributed by atoms with Gasteiger partial charge in [0.15, 0.2) is 0 Å². The molecular formula is C10H18N2OS. The lowest BCUT2D eigenvalue weighted by Crippen LogP contribution is -2.17. The van der Waals surface area contributed by atoms with Crippen LogP contribution in [0.4, 0.5) is 0 Å². The van der Waals surface area contributed by atoms with Gasteiger partial charge in [-0.1, -0.05) is 20.8 Å². The minimum absolute atomic E-state index is 0.286. The first-order valence-corrected chi connectivity index (χ1v) is 5.90. The molecule has 3 nitrogen and oxygen atoms in total. The summed E-state index contributed by atoms with van der Waals surface area (Å²) in [6.07, 6.45) is 2.35. The molecule has 0 aliphatic rings. The summed E-state index contributed by atoms with van der Waals surface area (Å²) in [4.78, 5) is 4.37. The van der Waals surface area contributed by atoms with E-state index in [0.717, 1.165) is 23.7 Å². The maximum atomic E-state index is 9.66. The molecule has 1 aromatic heterocycles. The van der Waals surface area contributed by atoms with Gasteiger partial charge < -0.3 is 5.11 Å². The van der Waals surface area contributed by atoms with Crippen molar-refractivity contribution in [2.45, 2.75) is 46.1 Å². The zero-order valence-corrected chi connectivity index (χ0v) is 9.84. The van der Waals surface area contributed by atoms with Gasteiger partial charge in [-0.05, 0) is 23.9 Å². The van der Waals surface area contributed by atoms with Crippen LogP contribution in [0.5, 0.6) is 0 Å². The molecule has 1 N–H and O–H groups in total. The van der Waals surface area contributed by atoms with Gasteiger partial charge in [-0.25, -0.2) is 4.98 Å². The van der Waals surface area contributed by atoms with Crippen LogP contribution in [0.3, 0.4) is 0 Å². The van der Waals surface area contributed by atoms with Crippen LogP contribution in [0.1, 0.15) is 38.0 Å². The third-order valence-electron chi connectivity index (χ3n) is 2.14. The molecular weight excluding hydrogens is 196 g/mol. The van der Waals surface area contributed by atoms with Gasteiger partial charge in [-0.3, -0.25) is 0 Å². The van der Waals surface area contributed by atoms with Crippen molar-refractivity contribution >= 4 is 11.5 Å². The first-order valence-electron chi connectivity index (χ1n) is 5.13. The molecule has 80 valence electrons. The zero-order valence-electron chi connectivity index (χ0n) is 9.03. The molecule has 0 radical (unpaired) electrons. The van der Waals surface area contributed by atoms with Gasteiger partial charge in [-0.2, -0.15) is 4.37 Å². The Kier molecular flexibility index (Phi) is 4.48. The number of aliphatic hydroxyl groups excluding tert-OH is 1. The monoisotopic (exact) mass is 214 g/mol.